The van der Waals surface area contributed by atoms with Crippen LogP contribution in [0.4, 0.5) is 0 Å². The Kier molecular flexibility index (Phi) is 176. The van der Waals surface area contributed by atoms with Gasteiger partial charge in [-0.3, -0.25) is 0 Å². The molecule has 27 valence electrons. The average molecular weight is 312 g/mol. The molecular weight excluding hydrogens is 306 g/mol. The van der Waals surface area contributed by atoms with E-state index in [0.29, 0.717) is 0 Å². The van der Waals surface area contributed by atoms with Gasteiger partial charge in [-0.25, -0.2) is 0 Å². The molecule has 0 heterocycles. The molecule has 0 N–H and O–H groups in total. The molecular formula is H6AgAlCeLiMg. The van der Waals surface area contributed by atoms with Crippen LogP contribution < -0.4 is 18.9 Å². The summed E-state index contributed by atoms with van der Waals surface area (Å²) in [5, 5.41) is 0. The largest absolute Gasteiger partial charge is 2.00 e. The van der Waals surface area contributed by atoms with Crippen LogP contribution in [-0.4, -0.2) is 40.4 Å². The van der Waals surface area contributed by atoms with E-state index in [-0.39, 0.29) is 128 Å². The molecule has 0 aromatic heterocycles. The van der Waals surface area contributed by atoms with Gasteiger partial charge in [-0.2, -0.15) is 0 Å². The predicted octanol–water partition coefficient (Wildman–Crippen LogP) is -4.23. The summed E-state index contributed by atoms with van der Waals surface area (Å²) in [5.74, 6) is 0. The van der Waals surface area contributed by atoms with Gasteiger partial charge >= 0.3 is 41.9 Å². The zero-order valence-corrected chi connectivity index (χ0v) is 8.55. The van der Waals surface area contributed by atoms with Crippen LogP contribution >= 0.6 is 0 Å². The maximum atomic E-state index is 0. The molecule has 5 heteroatoms. The number of hydrogen-bond acceptors (Lipinski definition) is 0. The van der Waals surface area contributed by atoms with Gasteiger partial charge in [0.25, 0.3) is 0 Å². The van der Waals surface area contributed by atoms with Crippen molar-refractivity contribution in [1.29, 1.82) is 0 Å². The first-order valence-electron chi connectivity index (χ1n) is 0. The minimum atomic E-state index is 0. The quantitative estimate of drug-likeness (QED) is 0.398. The predicted molar refractivity (Wildman–Crippen MR) is 19.0 cm³/mol. The summed E-state index contributed by atoms with van der Waals surface area (Å²) in [5.41, 5.74) is 0. The van der Waals surface area contributed by atoms with Crippen LogP contribution in [0.25, 0.3) is 0 Å². The molecule has 0 saturated heterocycles. The van der Waals surface area contributed by atoms with Crippen molar-refractivity contribution in [2.75, 3.05) is 0 Å². The minimum absolute atomic E-state index is 0. The van der Waals surface area contributed by atoms with Crippen molar-refractivity contribution >= 4 is 40.4 Å². The van der Waals surface area contributed by atoms with E-state index in [0.717, 1.165) is 0 Å². The van der Waals surface area contributed by atoms with Crippen LogP contribution in [0.1, 0.15) is 4.28 Å². The maximum Gasteiger partial charge on any atom is 2.00 e. The molecule has 0 atom stereocenters. The van der Waals surface area contributed by atoms with E-state index in [1.54, 1.807) is 0 Å². The Morgan fingerprint density at radius 1 is 1.20 bits per heavy atom. The summed E-state index contributed by atoms with van der Waals surface area (Å²) in [6.45, 7) is 0. The smallest absolute Gasteiger partial charge is 1.00 e. The molecule has 0 aliphatic carbocycles. The van der Waals surface area contributed by atoms with E-state index in [1.807, 2.05) is 0 Å². The van der Waals surface area contributed by atoms with Gasteiger partial charge in [-0.1, -0.05) is 0 Å². The molecule has 1 radical (unpaired) electrons. The summed E-state index contributed by atoms with van der Waals surface area (Å²) < 4.78 is 0. The summed E-state index contributed by atoms with van der Waals surface area (Å²) in [6, 6.07) is 0. The third kappa shape index (κ3) is 18.0. The van der Waals surface area contributed by atoms with Crippen molar-refractivity contribution in [1.82, 2.24) is 0 Å². The molecule has 0 unspecified atom stereocenters. The van der Waals surface area contributed by atoms with Crippen molar-refractivity contribution in [3.63, 3.8) is 0 Å². The minimum Gasteiger partial charge on any atom is -1.00 e. The van der Waals surface area contributed by atoms with Crippen LogP contribution in [0.15, 0.2) is 0 Å². The van der Waals surface area contributed by atoms with Crippen molar-refractivity contribution < 1.29 is 87.3 Å². The standard InChI is InChI=1S/Ag.Al.Ce.Li.Mg.6H/q;;;+1;+2;;;;3*-1. The molecule has 0 aromatic rings. The third-order valence-electron chi connectivity index (χ3n) is 0. The van der Waals surface area contributed by atoms with Crippen LogP contribution in [0, 0.1) is 41.7 Å². The Hall–Kier alpha value is 4.01. The van der Waals surface area contributed by atoms with Crippen molar-refractivity contribution in [3.05, 3.63) is 0 Å². The summed E-state index contributed by atoms with van der Waals surface area (Å²) in [6.07, 6.45) is 0. The topological polar surface area (TPSA) is 0 Å². The van der Waals surface area contributed by atoms with Crippen LogP contribution in [0.3, 0.4) is 0 Å². The number of rotatable bonds is 0. The van der Waals surface area contributed by atoms with Crippen molar-refractivity contribution in [2.24, 2.45) is 0 Å². The fraction of sp³-hybridized carbons (Fsp3) is 0. The number of hydrogen-bond donors (Lipinski definition) is 0. The van der Waals surface area contributed by atoms with Gasteiger partial charge < -0.3 is 4.28 Å². The van der Waals surface area contributed by atoms with Gasteiger partial charge in [0.05, 0.1) is 0 Å². The second-order valence-corrected chi connectivity index (χ2v) is 0. The molecule has 0 aromatic carbocycles. The Bertz CT molecular complexity index is 19.2. The van der Waals surface area contributed by atoms with Gasteiger partial charge in [0.15, 0.2) is 17.4 Å². The second-order valence-electron chi connectivity index (χ2n) is 0. The molecule has 0 nitrogen and oxygen atoms in total. The zero-order valence-electron chi connectivity index (χ0n) is 5.51. The van der Waals surface area contributed by atoms with E-state index in [2.05, 4.69) is 0 Å². The molecule has 0 bridgehead atoms. The van der Waals surface area contributed by atoms with Crippen molar-refractivity contribution in [2.45, 2.75) is 0 Å². The molecule has 0 spiro atoms. The second kappa shape index (κ2) is 24.5. The monoisotopic (exact) mass is 311 g/mol. The maximum absolute atomic E-state index is 0. The van der Waals surface area contributed by atoms with Gasteiger partial charge in [0, 0.05) is 64.1 Å². The first-order chi connectivity index (χ1) is 0. The summed E-state index contributed by atoms with van der Waals surface area (Å²) in [7, 11) is 0. The molecule has 0 aliphatic rings. The molecule has 5 heavy (non-hydrogen) atoms. The van der Waals surface area contributed by atoms with Crippen LogP contribution in [0.2, 0.25) is 0 Å². The van der Waals surface area contributed by atoms with Gasteiger partial charge in [-0.15, -0.1) is 0 Å². The Morgan fingerprint density at radius 3 is 1.20 bits per heavy atom. The van der Waals surface area contributed by atoms with E-state index in [9.17, 15) is 0 Å². The Labute approximate surface area is 125 Å². The molecule has 0 saturated carbocycles. The van der Waals surface area contributed by atoms with Gasteiger partial charge in [0.1, 0.15) is 0 Å². The normalized spacial score (nSPS) is 0. The summed E-state index contributed by atoms with van der Waals surface area (Å²) >= 11 is 0. The fourth-order valence-corrected chi connectivity index (χ4v) is 0. The third-order valence-corrected chi connectivity index (χ3v) is 0. The molecule has 0 fully saturated rings. The molecule has 0 rings (SSSR count). The van der Waals surface area contributed by atoms with E-state index in [4.69, 9.17) is 0 Å². The zero-order chi connectivity index (χ0) is 0. The fourth-order valence-electron chi connectivity index (χ4n) is 0. The SMILES string of the molecule is [Ag].[AlH3].[Ce].[H-].[H-].[H-].[Li+].[Mg+2]. The van der Waals surface area contributed by atoms with E-state index < -0.39 is 0 Å². The molecule has 0 amide bonds. The van der Waals surface area contributed by atoms with Crippen molar-refractivity contribution in [3.8, 4) is 0 Å². The van der Waals surface area contributed by atoms with E-state index >= 15 is 0 Å². The Morgan fingerprint density at radius 2 is 1.20 bits per heavy atom. The van der Waals surface area contributed by atoms with Crippen LogP contribution in [0.5, 0.6) is 0 Å². The Balaban J connectivity index is 0. The summed E-state index contributed by atoms with van der Waals surface area (Å²) in [4.78, 5) is 0. The first-order valence-corrected chi connectivity index (χ1v) is 0. The van der Waals surface area contributed by atoms with E-state index in [1.165, 1.54) is 0 Å². The van der Waals surface area contributed by atoms with Gasteiger partial charge in [0.2, 0.25) is 0 Å². The average Bonchev–Trinajstić information content (AvgIpc) is 0. The van der Waals surface area contributed by atoms with Crippen LogP contribution in [-0.2, 0) is 22.4 Å². The first kappa shape index (κ1) is 35.9. The molecule has 0 aliphatic heterocycles. The van der Waals surface area contributed by atoms with Gasteiger partial charge in [-0.05, 0) is 0 Å².